The van der Waals surface area contributed by atoms with Crippen LogP contribution in [0, 0.1) is 35.5 Å². The highest BCUT2D eigenvalue weighted by atomic mass is 32.2. The molecule has 0 saturated carbocycles. The van der Waals surface area contributed by atoms with Gasteiger partial charge in [-0.2, -0.15) is 11.8 Å². The molecule has 26 heteroatoms. The second-order valence-corrected chi connectivity index (χ2v) is 29.7. The summed E-state index contributed by atoms with van der Waals surface area (Å²) < 4.78 is 0. The van der Waals surface area contributed by atoms with Crippen LogP contribution in [0.2, 0.25) is 0 Å². The van der Waals surface area contributed by atoms with Gasteiger partial charge in [-0.1, -0.05) is 95.2 Å². The van der Waals surface area contributed by atoms with Gasteiger partial charge in [0.2, 0.25) is 65.0 Å². The molecule has 1 rings (SSSR count). The van der Waals surface area contributed by atoms with E-state index in [1.54, 1.807) is 60.6 Å². The van der Waals surface area contributed by atoms with Gasteiger partial charge >= 0.3 is 0 Å². The predicted molar refractivity (Wildman–Crippen MR) is 365 cm³/mol. The Morgan fingerprint density at radius 2 is 0.946 bits per heavy atom. The van der Waals surface area contributed by atoms with Crippen molar-refractivity contribution in [1.82, 2.24) is 60.5 Å². The zero-order valence-electron chi connectivity index (χ0n) is 61.3. The van der Waals surface area contributed by atoms with Gasteiger partial charge in [-0.15, -0.1) is 0 Å². The minimum absolute atomic E-state index is 0.0105. The van der Waals surface area contributed by atoms with Gasteiger partial charge in [-0.05, 0) is 116 Å². The Hall–Kier alpha value is -5.86. The summed E-state index contributed by atoms with van der Waals surface area (Å²) in [5, 5.41) is 34.7. The Kier molecular flexibility index (Phi) is 35.4. The molecule has 1 saturated heterocycles. The monoisotopic (exact) mass is 1330 g/mol. The Balaban J connectivity index is 4.56. The number of aliphatic hydroxyl groups is 2. The molecule has 6 N–H and O–H groups in total. The number of rotatable bonds is 20. The van der Waals surface area contributed by atoms with E-state index in [9.17, 15) is 34.2 Å². The number of carbonyl (C=O) groups excluding carboxylic acids is 11. The Labute approximate surface area is 561 Å². The van der Waals surface area contributed by atoms with Crippen LogP contribution < -0.4 is 21.3 Å². The topological polar surface area (TPSA) is 302 Å². The standard InChI is InChI=1S/C67H122N12O13S/c1-27-29-30-43(13)55(80)54-59(84)70-46(28-2)61(86)77(24)51(37-93-32-31-72(18)19)64(89)76(23)50(36-67(16,17)92)58(83)71-52(41(9)10)65(90)73(20)47(33-38(3)4)57(82)68-44(14)56(81)69-45(15)60(85)74(21)48(34-39(5)6)62(87)75(22)49(35-40(7)8)63(88)78(25)53(42(11)12)66(91)79(54)26/h27,29,38-55,80,92H,28,30-37H2,1-26H3,(H,68,82)(H,69,81)(H,70,84)(H,71,83)/t43-,44+,45-,46+,47+,48+,49+,50+,51+,52+,53+,54+,55-/m1/s1. The van der Waals surface area contributed by atoms with Gasteiger partial charge < -0.3 is 70.7 Å². The molecule has 13 atom stereocenters. The summed E-state index contributed by atoms with van der Waals surface area (Å²) in [5.74, 6) is -9.75. The molecule has 1 fully saturated rings. The molecule has 1 aliphatic rings. The number of nitrogens with one attached hydrogen (secondary N) is 4. The van der Waals surface area contributed by atoms with Crippen LogP contribution in [-0.2, 0) is 52.7 Å². The van der Waals surface area contributed by atoms with Crippen molar-refractivity contribution in [2.45, 2.75) is 234 Å². The lowest BCUT2D eigenvalue weighted by atomic mass is 9.91. The normalized spacial score (nSPS) is 26.6. The molecule has 534 valence electrons. The van der Waals surface area contributed by atoms with Gasteiger partial charge in [-0.25, -0.2) is 0 Å². The van der Waals surface area contributed by atoms with Gasteiger partial charge in [0.15, 0.2) is 0 Å². The van der Waals surface area contributed by atoms with Crippen molar-refractivity contribution in [1.29, 1.82) is 0 Å². The highest BCUT2D eigenvalue weighted by molar-refractivity contribution is 7.99. The van der Waals surface area contributed by atoms with Crippen LogP contribution in [-0.4, -0.2) is 274 Å². The third-order valence-corrected chi connectivity index (χ3v) is 18.4. The summed E-state index contributed by atoms with van der Waals surface area (Å²) in [6.45, 7) is 29.5. The summed E-state index contributed by atoms with van der Waals surface area (Å²) in [6.07, 6.45) is 2.36. The van der Waals surface area contributed by atoms with Crippen molar-refractivity contribution in [2.24, 2.45) is 35.5 Å². The number of allylic oxidation sites excluding steroid dienone is 2. The molecule has 0 aromatic carbocycles. The third-order valence-electron chi connectivity index (χ3n) is 17.3. The van der Waals surface area contributed by atoms with Crippen molar-refractivity contribution in [3.8, 4) is 0 Å². The number of thioether (sulfide) groups is 1. The van der Waals surface area contributed by atoms with Crippen molar-refractivity contribution in [2.75, 3.05) is 81.5 Å². The molecule has 0 radical (unpaired) electrons. The third kappa shape index (κ3) is 25.0. The molecule has 25 nitrogen and oxygen atoms in total. The van der Waals surface area contributed by atoms with Crippen LogP contribution in [0.4, 0.5) is 0 Å². The lowest BCUT2D eigenvalue weighted by molar-refractivity contribution is -0.157. The first kappa shape index (κ1) is 85.2. The Morgan fingerprint density at radius 1 is 0.516 bits per heavy atom. The molecule has 93 heavy (non-hydrogen) atoms. The molecule has 1 aliphatic heterocycles. The smallest absolute Gasteiger partial charge is 0.246 e. The molecular formula is C67H122N12O13S. The fourth-order valence-corrected chi connectivity index (χ4v) is 12.7. The van der Waals surface area contributed by atoms with Gasteiger partial charge in [0.1, 0.15) is 66.5 Å². The van der Waals surface area contributed by atoms with Crippen LogP contribution in [0.25, 0.3) is 0 Å². The van der Waals surface area contributed by atoms with E-state index < -0.39 is 161 Å². The van der Waals surface area contributed by atoms with Crippen LogP contribution in [0.1, 0.15) is 156 Å². The van der Waals surface area contributed by atoms with Crippen LogP contribution >= 0.6 is 11.8 Å². The number of hydrogen-bond acceptors (Lipinski definition) is 15. The quantitative estimate of drug-likeness (QED) is 0.0754. The highest BCUT2D eigenvalue weighted by Gasteiger charge is 2.47. The number of aliphatic hydroxyl groups excluding tert-OH is 1. The van der Waals surface area contributed by atoms with Crippen LogP contribution in [0.15, 0.2) is 12.2 Å². The maximum atomic E-state index is 15.3. The van der Waals surface area contributed by atoms with E-state index in [1.165, 1.54) is 113 Å². The molecule has 0 bridgehead atoms. The molecule has 0 aromatic rings. The molecule has 0 unspecified atom stereocenters. The largest absolute Gasteiger partial charge is 0.390 e. The lowest BCUT2D eigenvalue weighted by Crippen LogP contribution is -2.64. The summed E-state index contributed by atoms with van der Waals surface area (Å²) >= 11 is 1.36. The van der Waals surface area contributed by atoms with E-state index in [1.807, 2.05) is 60.5 Å². The number of carbonyl (C=O) groups is 11. The zero-order valence-corrected chi connectivity index (χ0v) is 62.1. The van der Waals surface area contributed by atoms with E-state index in [0.717, 1.165) is 9.80 Å². The maximum Gasteiger partial charge on any atom is 0.246 e. The van der Waals surface area contributed by atoms with Gasteiger partial charge in [-0.3, -0.25) is 52.7 Å². The number of likely N-dealkylation sites (N-methyl/N-ethyl adjacent to an activating group) is 7. The summed E-state index contributed by atoms with van der Waals surface area (Å²) in [4.78, 5) is 174. The van der Waals surface area contributed by atoms with Crippen molar-refractivity contribution >= 4 is 76.7 Å². The Bertz CT molecular complexity index is 2540. The maximum absolute atomic E-state index is 15.3. The molecule has 0 spiro atoms. The molecular weight excluding hydrogens is 1210 g/mol. The number of hydrogen-bond donors (Lipinski definition) is 6. The lowest BCUT2D eigenvalue weighted by Gasteiger charge is -2.41. The number of amides is 11. The van der Waals surface area contributed by atoms with E-state index in [-0.39, 0.29) is 62.0 Å². The summed E-state index contributed by atoms with van der Waals surface area (Å²) in [5.41, 5.74) is -1.58. The van der Waals surface area contributed by atoms with Gasteiger partial charge in [0.05, 0.1) is 11.7 Å². The molecule has 0 aliphatic carbocycles. The summed E-state index contributed by atoms with van der Waals surface area (Å²) in [6, 6.07) is -14.4. The fourth-order valence-electron chi connectivity index (χ4n) is 11.4. The number of nitrogens with zero attached hydrogens (tertiary/aromatic N) is 8. The average molecular weight is 1340 g/mol. The predicted octanol–water partition coefficient (Wildman–Crippen LogP) is 3.05. The zero-order chi connectivity index (χ0) is 72.2. The second-order valence-electron chi connectivity index (χ2n) is 28.6. The van der Waals surface area contributed by atoms with Crippen molar-refractivity contribution < 1.29 is 63.0 Å². The van der Waals surface area contributed by atoms with Crippen molar-refractivity contribution in [3.63, 3.8) is 0 Å². The molecule has 1 heterocycles. The fraction of sp³-hybridized carbons (Fsp3) is 0.806. The first-order valence-corrected chi connectivity index (χ1v) is 34.3. The highest BCUT2D eigenvalue weighted by Crippen LogP contribution is 2.27. The van der Waals surface area contributed by atoms with Gasteiger partial charge in [0, 0.05) is 73.8 Å². The summed E-state index contributed by atoms with van der Waals surface area (Å²) in [7, 11) is 13.6. The van der Waals surface area contributed by atoms with Crippen LogP contribution in [0.5, 0.6) is 0 Å². The molecule has 11 amide bonds. The van der Waals surface area contributed by atoms with Crippen molar-refractivity contribution in [3.05, 3.63) is 12.2 Å². The van der Waals surface area contributed by atoms with Gasteiger partial charge in [0.25, 0.3) is 0 Å². The first-order chi connectivity index (χ1) is 42.8. The van der Waals surface area contributed by atoms with E-state index in [4.69, 9.17) is 0 Å². The SMILES string of the molecule is CC=CC[C@@H](C)[C@@H](O)[C@H]1C(=O)N[C@@H](CC)C(=O)N(C)[C@@H](CSCCN(C)C)C(=O)N(C)[C@@H](CC(C)(C)O)C(=O)N[C@@H](C(C)C)C(=O)N(C)[C@@H](CC(C)C)C(=O)N[C@@H](C)C(=O)N[C@H](C)C(=O)N(C)[C@@H](CC(C)C)C(=O)N(C)[C@@H](CC(C)C)C(=O)N(C)[C@@H](C(C)C)C(=O)N1C. The molecule has 0 aromatic heterocycles. The second kappa shape index (κ2) is 38.6. The average Bonchev–Trinajstić information content (AvgIpc) is 0.814. The van der Waals surface area contributed by atoms with E-state index in [0.29, 0.717) is 12.3 Å². The van der Waals surface area contributed by atoms with Crippen LogP contribution in [0.3, 0.4) is 0 Å². The van der Waals surface area contributed by atoms with E-state index in [2.05, 4.69) is 21.3 Å². The minimum atomic E-state index is -1.66. The van der Waals surface area contributed by atoms with E-state index >= 15 is 28.8 Å². The minimum Gasteiger partial charge on any atom is -0.390 e. The first-order valence-electron chi connectivity index (χ1n) is 33.1. The Morgan fingerprint density at radius 3 is 1.41 bits per heavy atom.